The summed E-state index contributed by atoms with van der Waals surface area (Å²) in [6.45, 7) is 1.53. The first-order valence-electron chi connectivity index (χ1n) is 5.91. The molecular formula is C13H18ClNO. The highest BCUT2D eigenvalue weighted by molar-refractivity contribution is 6.32. The van der Waals surface area contributed by atoms with Gasteiger partial charge in [0, 0.05) is 0 Å². The fourth-order valence-electron chi connectivity index (χ4n) is 1.62. The van der Waals surface area contributed by atoms with Gasteiger partial charge in [-0.3, -0.25) is 0 Å². The Bertz CT molecular complexity index is 350. The maximum absolute atomic E-state index is 6.16. The number of aryl methyl sites for hydroxylation is 1. The van der Waals surface area contributed by atoms with E-state index in [1.807, 2.05) is 12.1 Å². The fraction of sp³-hybridized carbons (Fsp3) is 0.538. The van der Waals surface area contributed by atoms with Crippen molar-refractivity contribution in [2.45, 2.75) is 25.7 Å². The molecule has 88 valence electrons. The molecule has 1 aliphatic carbocycles. The lowest BCUT2D eigenvalue weighted by molar-refractivity contribution is 0.300. The van der Waals surface area contributed by atoms with Crippen LogP contribution < -0.4 is 10.5 Å². The first-order chi connectivity index (χ1) is 7.79. The van der Waals surface area contributed by atoms with Crippen molar-refractivity contribution in [3.05, 3.63) is 28.8 Å². The summed E-state index contributed by atoms with van der Waals surface area (Å²) in [5.41, 5.74) is 6.71. The van der Waals surface area contributed by atoms with Crippen molar-refractivity contribution in [2.75, 3.05) is 13.2 Å². The number of benzene rings is 1. The van der Waals surface area contributed by atoms with E-state index >= 15 is 0 Å². The highest BCUT2D eigenvalue weighted by atomic mass is 35.5. The Balaban J connectivity index is 1.92. The zero-order valence-corrected chi connectivity index (χ0v) is 10.2. The second kappa shape index (κ2) is 5.55. The van der Waals surface area contributed by atoms with Crippen LogP contribution >= 0.6 is 11.6 Å². The van der Waals surface area contributed by atoms with E-state index in [1.54, 1.807) is 0 Å². The summed E-state index contributed by atoms with van der Waals surface area (Å²) in [5, 5.41) is 0.718. The number of halogens is 1. The van der Waals surface area contributed by atoms with Gasteiger partial charge in [0.05, 0.1) is 11.6 Å². The minimum atomic E-state index is 0.718. The summed E-state index contributed by atoms with van der Waals surface area (Å²) < 4.78 is 5.66. The summed E-state index contributed by atoms with van der Waals surface area (Å²) >= 11 is 6.16. The van der Waals surface area contributed by atoms with Crippen LogP contribution in [-0.4, -0.2) is 13.2 Å². The molecule has 2 nitrogen and oxygen atoms in total. The molecule has 0 aliphatic heterocycles. The highest BCUT2D eigenvalue weighted by Gasteiger charge is 2.22. The van der Waals surface area contributed by atoms with Crippen LogP contribution in [0.5, 0.6) is 5.75 Å². The van der Waals surface area contributed by atoms with Crippen LogP contribution in [0.3, 0.4) is 0 Å². The molecule has 1 aromatic rings. The van der Waals surface area contributed by atoms with Gasteiger partial charge in [-0.05, 0) is 55.8 Å². The van der Waals surface area contributed by atoms with Crippen LogP contribution in [0.1, 0.15) is 24.8 Å². The number of ether oxygens (including phenoxy) is 1. The smallest absolute Gasteiger partial charge is 0.137 e. The van der Waals surface area contributed by atoms with Crippen molar-refractivity contribution >= 4 is 11.6 Å². The number of hydrogen-bond donors (Lipinski definition) is 1. The van der Waals surface area contributed by atoms with Crippen molar-refractivity contribution in [3.8, 4) is 5.75 Å². The molecular weight excluding hydrogens is 222 g/mol. The Morgan fingerprint density at radius 1 is 1.38 bits per heavy atom. The molecule has 2 N–H and O–H groups in total. The van der Waals surface area contributed by atoms with Gasteiger partial charge in [-0.15, -0.1) is 0 Å². The zero-order valence-electron chi connectivity index (χ0n) is 9.42. The summed E-state index contributed by atoms with van der Waals surface area (Å²) in [6.07, 6.45) is 4.58. The molecule has 3 heteroatoms. The molecule has 0 spiro atoms. The Morgan fingerprint density at radius 3 is 2.81 bits per heavy atom. The largest absolute Gasteiger partial charge is 0.492 e. The summed E-state index contributed by atoms with van der Waals surface area (Å²) in [7, 11) is 0. The maximum Gasteiger partial charge on any atom is 0.137 e. The molecule has 0 bridgehead atoms. The van der Waals surface area contributed by atoms with Crippen molar-refractivity contribution in [1.29, 1.82) is 0 Å². The Hall–Kier alpha value is -0.730. The van der Waals surface area contributed by atoms with Crippen LogP contribution in [0.2, 0.25) is 5.02 Å². The quantitative estimate of drug-likeness (QED) is 0.828. The molecule has 0 saturated heterocycles. The molecule has 1 aliphatic rings. The van der Waals surface area contributed by atoms with Gasteiger partial charge < -0.3 is 10.5 Å². The molecule has 1 fully saturated rings. The maximum atomic E-state index is 6.16. The van der Waals surface area contributed by atoms with Gasteiger partial charge in [0.2, 0.25) is 0 Å². The van der Waals surface area contributed by atoms with E-state index in [-0.39, 0.29) is 0 Å². The SMILES string of the molecule is NCCCc1ccc(OCC2CC2)c(Cl)c1. The minimum Gasteiger partial charge on any atom is -0.492 e. The standard InChI is InChI=1S/C13H18ClNO/c14-12-8-10(2-1-7-15)5-6-13(12)16-9-11-3-4-11/h5-6,8,11H,1-4,7,9,15H2. The monoisotopic (exact) mass is 239 g/mol. The van der Waals surface area contributed by atoms with E-state index in [0.29, 0.717) is 0 Å². The van der Waals surface area contributed by atoms with E-state index in [1.165, 1.54) is 18.4 Å². The second-order valence-electron chi connectivity index (χ2n) is 4.41. The second-order valence-corrected chi connectivity index (χ2v) is 4.82. The van der Waals surface area contributed by atoms with Gasteiger partial charge in [0.1, 0.15) is 5.75 Å². The molecule has 0 amide bonds. The number of nitrogens with two attached hydrogens (primary N) is 1. The predicted molar refractivity (Wildman–Crippen MR) is 67.0 cm³/mol. The average Bonchev–Trinajstić information content (AvgIpc) is 3.09. The van der Waals surface area contributed by atoms with Gasteiger partial charge in [-0.25, -0.2) is 0 Å². The lowest BCUT2D eigenvalue weighted by atomic mass is 10.1. The van der Waals surface area contributed by atoms with Crippen molar-refractivity contribution in [1.82, 2.24) is 0 Å². The summed E-state index contributed by atoms with van der Waals surface area (Å²) in [6, 6.07) is 6.03. The lowest BCUT2D eigenvalue weighted by Gasteiger charge is -2.08. The van der Waals surface area contributed by atoms with Crippen LogP contribution in [0.15, 0.2) is 18.2 Å². The van der Waals surface area contributed by atoms with Crippen molar-refractivity contribution in [2.24, 2.45) is 11.7 Å². The molecule has 2 rings (SSSR count). The van der Waals surface area contributed by atoms with E-state index in [4.69, 9.17) is 22.1 Å². The van der Waals surface area contributed by atoms with Gasteiger partial charge in [0.25, 0.3) is 0 Å². The molecule has 0 radical (unpaired) electrons. The fourth-order valence-corrected chi connectivity index (χ4v) is 1.87. The Labute approximate surface area is 102 Å². The van der Waals surface area contributed by atoms with E-state index in [0.717, 1.165) is 42.7 Å². The Kier molecular flexibility index (Phi) is 4.08. The van der Waals surface area contributed by atoms with Crippen LogP contribution in [-0.2, 0) is 6.42 Å². The zero-order chi connectivity index (χ0) is 11.4. The number of rotatable bonds is 6. The third kappa shape index (κ3) is 3.39. The van der Waals surface area contributed by atoms with Gasteiger partial charge in [-0.2, -0.15) is 0 Å². The molecule has 1 aromatic carbocycles. The third-order valence-corrected chi connectivity index (χ3v) is 3.13. The van der Waals surface area contributed by atoms with Crippen LogP contribution in [0.25, 0.3) is 0 Å². The molecule has 1 saturated carbocycles. The number of hydrogen-bond acceptors (Lipinski definition) is 2. The summed E-state index contributed by atoms with van der Waals surface area (Å²) in [4.78, 5) is 0. The molecule has 16 heavy (non-hydrogen) atoms. The topological polar surface area (TPSA) is 35.2 Å². The summed E-state index contributed by atoms with van der Waals surface area (Å²) in [5.74, 6) is 1.57. The Morgan fingerprint density at radius 2 is 2.19 bits per heavy atom. The van der Waals surface area contributed by atoms with E-state index in [9.17, 15) is 0 Å². The van der Waals surface area contributed by atoms with E-state index in [2.05, 4.69) is 6.07 Å². The first kappa shape index (κ1) is 11.7. The third-order valence-electron chi connectivity index (χ3n) is 2.84. The predicted octanol–water partition coefficient (Wildman–Crippen LogP) is 3.02. The molecule has 0 unspecified atom stereocenters. The lowest BCUT2D eigenvalue weighted by Crippen LogP contribution is -2.01. The van der Waals surface area contributed by atoms with Crippen LogP contribution in [0, 0.1) is 5.92 Å². The van der Waals surface area contributed by atoms with Gasteiger partial charge >= 0.3 is 0 Å². The van der Waals surface area contributed by atoms with Gasteiger partial charge in [0.15, 0.2) is 0 Å². The van der Waals surface area contributed by atoms with E-state index < -0.39 is 0 Å². The molecule has 0 heterocycles. The van der Waals surface area contributed by atoms with Gasteiger partial charge in [-0.1, -0.05) is 17.7 Å². The molecule has 0 atom stereocenters. The highest BCUT2D eigenvalue weighted by Crippen LogP contribution is 2.32. The first-order valence-corrected chi connectivity index (χ1v) is 6.28. The van der Waals surface area contributed by atoms with Crippen molar-refractivity contribution < 1.29 is 4.74 Å². The minimum absolute atomic E-state index is 0.718. The van der Waals surface area contributed by atoms with Crippen molar-refractivity contribution in [3.63, 3.8) is 0 Å². The normalized spacial score (nSPS) is 15.1. The molecule has 0 aromatic heterocycles. The van der Waals surface area contributed by atoms with Crippen LogP contribution in [0.4, 0.5) is 0 Å². The average molecular weight is 240 g/mol.